The molecule has 0 aromatic heterocycles. The summed E-state index contributed by atoms with van der Waals surface area (Å²) in [5.41, 5.74) is 6.20. The minimum Gasteiger partial charge on any atom is -0.489 e. The molecule has 1 aromatic carbocycles. The van der Waals surface area contributed by atoms with E-state index in [1.54, 1.807) is 6.07 Å². The van der Waals surface area contributed by atoms with Crippen LogP contribution in [-0.4, -0.2) is 12.1 Å². The molecule has 2 atom stereocenters. The second-order valence-electron chi connectivity index (χ2n) is 4.96. The van der Waals surface area contributed by atoms with Gasteiger partial charge in [-0.05, 0) is 47.0 Å². The van der Waals surface area contributed by atoms with Gasteiger partial charge in [-0.25, -0.2) is 4.39 Å². The predicted molar refractivity (Wildman–Crippen MR) is 74.1 cm³/mol. The van der Waals surface area contributed by atoms with E-state index in [1.165, 1.54) is 12.1 Å². The first-order valence-electron chi connectivity index (χ1n) is 6.40. The Morgan fingerprint density at radius 2 is 2.11 bits per heavy atom. The topological polar surface area (TPSA) is 35.2 Å². The van der Waals surface area contributed by atoms with E-state index in [2.05, 4.69) is 29.8 Å². The molecule has 1 fully saturated rings. The molecule has 0 bridgehead atoms. The van der Waals surface area contributed by atoms with Crippen LogP contribution in [0.1, 0.15) is 33.1 Å². The van der Waals surface area contributed by atoms with E-state index >= 15 is 0 Å². The Morgan fingerprint density at radius 1 is 1.44 bits per heavy atom. The van der Waals surface area contributed by atoms with Gasteiger partial charge in [0.2, 0.25) is 0 Å². The molecule has 0 heterocycles. The second kappa shape index (κ2) is 5.17. The van der Waals surface area contributed by atoms with Gasteiger partial charge in [0, 0.05) is 17.9 Å². The summed E-state index contributed by atoms with van der Waals surface area (Å²) < 4.78 is 19.7. The number of halogens is 2. The number of rotatable bonds is 4. The SMILES string of the molecule is CCC1(CC)C(N)CC1Oc1ccc(F)cc1Br. The fourth-order valence-electron chi connectivity index (χ4n) is 2.90. The molecule has 1 saturated carbocycles. The zero-order valence-electron chi connectivity index (χ0n) is 10.7. The number of hydrogen-bond acceptors (Lipinski definition) is 2. The van der Waals surface area contributed by atoms with Gasteiger partial charge >= 0.3 is 0 Å². The Hall–Kier alpha value is -0.610. The average molecular weight is 316 g/mol. The van der Waals surface area contributed by atoms with Crippen LogP contribution in [-0.2, 0) is 0 Å². The first kappa shape index (κ1) is 13.8. The van der Waals surface area contributed by atoms with Crippen LogP contribution in [0.2, 0.25) is 0 Å². The highest BCUT2D eigenvalue weighted by atomic mass is 79.9. The van der Waals surface area contributed by atoms with Crippen LogP contribution in [0.4, 0.5) is 4.39 Å². The minimum atomic E-state index is -0.267. The van der Waals surface area contributed by atoms with Crippen LogP contribution >= 0.6 is 15.9 Å². The molecule has 1 aliphatic carbocycles. The van der Waals surface area contributed by atoms with Crippen molar-refractivity contribution in [1.29, 1.82) is 0 Å². The Morgan fingerprint density at radius 3 is 2.61 bits per heavy atom. The maximum absolute atomic E-state index is 13.0. The molecule has 18 heavy (non-hydrogen) atoms. The molecule has 4 heteroatoms. The van der Waals surface area contributed by atoms with Crippen molar-refractivity contribution in [2.24, 2.45) is 11.1 Å². The summed E-state index contributed by atoms with van der Waals surface area (Å²) in [6, 6.07) is 4.71. The van der Waals surface area contributed by atoms with Crippen LogP contribution in [0.15, 0.2) is 22.7 Å². The Balaban J connectivity index is 2.15. The molecule has 2 nitrogen and oxygen atoms in total. The normalized spacial score (nSPS) is 25.6. The summed E-state index contributed by atoms with van der Waals surface area (Å²) in [7, 11) is 0. The molecule has 0 radical (unpaired) electrons. The molecule has 0 spiro atoms. The second-order valence-corrected chi connectivity index (χ2v) is 5.82. The predicted octanol–water partition coefficient (Wildman–Crippen LogP) is 3.87. The zero-order chi connectivity index (χ0) is 13.3. The van der Waals surface area contributed by atoms with Crippen LogP contribution in [0, 0.1) is 11.2 Å². The molecule has 2 unspecified atom stereocenters. The van der Waals surface area contributed by atoms with Gasteiger partial charge in [0.05, 0.1) is 4.47 Å². The molecule has 0 saturated heterocycles. The average Bonchev–Trinajstić information content (AvgIpc) is 2.33. The molecular weight excluding hydrogens is 297 g/mol. The summed E-state index contributed by atoms with van der Waals surface area (Å²) in [4.78, 5) is 0. The highest BCUT2D eigenvalue weighted by molar-refractivity contribution is 9.10. The minimum absolute atomic E-state index is 0.0633. The van der Waals surface area contributed by atoms with E-state index in [4.69, 9.17) is 10.5 Å². The highest BCUT2D eigenvalue weighted by Crippen LogP contribution is 2.48. The molecule has 0 aliphatic heterocycles. The number of nitrogens with two attached hydrogens (primary N) is 1. The van der Waals surface area contributed by atoms with Gasteiger partial charge in [-0.2, -0.15) is 0 Å². The summed E-state index contributed by atoms with van der Waals surface area (Å²) in [6.07, 6.45) is 3.01. The van der Waals surface area contributed by atoms with Crippen molar-refractivity contribution in [3.8, 4) is 5.75 Å². The van der Waals surface area contributed by atoms with E-state index in [1.807, 2.05) is 0 Å². The third-order valence-corrected chi connectivity index (χ3v) is 4.95. The van der Waals surface area contributed by atoms with Crippen LogP contribution in [0.25, 0.3) is 0 Å². The van der Waals surface area contributed by atoms with Crippen LogP contribution in [0.5, 0.6) is 5.75 Å². The Kier molecular flexibility index (Phi) is 3.97. The summed E-state index contributed by atoms with van der Waals surface area (Å²) in [6.45, 7) is 4.30. The lowest BCUT2D eigenvalue weighted by Gasteiger charge is -2.53. The van der Waals surface area contributed by atoms with Crippen molar-refractivity contribution in [2.45, 2.75) is 45.3 Å². The van der Waals surface area contributed by atoms with E-state index in [-0.39, 0.29) is 23.4 Å². The van der Waals surface area contributed by atoms with Crippen LogP contribution in [0.3, 0.4) is 0 Å². The quantitative estimate of drug-likeness (QED) is 0.915. The fourth-order valence-corrected chi connectivity index (χ4v) is 3.34. The van der Waals surface area contributed by atoms with E-state index in [9.17, 15) is 4.39 Å². The molecule has 1 aromatic rings. The summed E-state index contributed by atoms with van der Waals surface area (Å²) >= 11 is 3.33. The van der Waals surface area contributed by atoms with Gasteiger partial charge in [-0.3, -0.25) is 0 Å². The van der Waals surface area contributed by atoms with Gasteiger partial charge in [0.25, 0.3) is 0 Å². The van der Waals surface area contributed by atoms with Crippen molar-refractivity contribution >= 4 is 15.9 Å². The van der Waals surface area contributed by atoms with Crippen molar-refractivity contribution in [2.75, 3.05) is 0 Å². The monoisotopic (exact) mass is 315 g/mol. The standard InChI is InChI=1S/C14H19BrFNO/c1-3-14(4-2)12(17)8-13(14)18-11-6-5-9(16)7-10(11)15/h5-7,12-13H,3-4,8,17H2,1-2H3. The number of ether oxygens (including phenoxy) is 1. The maximum atomic E-state index is 13.0. The molecule has 0 amide bonds. The van der Waals surface area contributed by atoms with Crippen molar-refractivity contribution in [1.82, 2.24) is 0 Å². The van der Waals surface area contributed by atoms with Gasteiger partial charge in [0.1, 0.15) is 17.7 Å². The smallest absolute Gasteiger partial charge is 0.134 e. The molecule has 2 rings (SSSR count). The molecular formula is C14H19BrFNO. The van der Waals surface area contributed by atoms with E-state index in [0.29, 0.717) is 10.2 Å². The highest BCUT2D eigenvalue weighted by Gasteiger charge is 2.52. The zero-order valence-corrected chi connectivity index (χ0v) is 12.3. The van der Waals surface area contributed by atoms with Gasteiger partial charge in [0.15, 0.2) is 0 Å². The van der Waals surface area contributed by atoms with Gasteiger partial charge in [-0.1, -0.05) is 13.8 Å². The fraction of sp³-hybridized carbons (Fsp3) is 0.571. The first-order valence-corrected chi connectivity index (χ1v) is 7.20. The maximum Gasteiger partial charge on any atom is 0.134 e. The lowest BCUT2D eigenvalue weighted by atomic mass is 9.59. The van der Waals surface area contributed by atoms with Gasteiger partial charge in [-0.15, -0.1) is 0 Å². The summed E-state index contributed by atoms with van der Waals surface area (Å²) in [5.74, 6) is 0.427. The molecule has 100 valence electrons. The van der Waals surface area contributed by atoms with Crippen molar-refractivity contribution in [3.63, 3.8) is 0 Å². The first-order chi connectivity index (χ1) is 8.53. The Labute approximate surface area is 116 Å². The third kappa shape index (κ3) is 2.16. The summed E-state index contributed by atoms with van der Waals surface area (Å²) in [5, 5.41) is 0. The van der Waals surface area contributed by atoms with Crippen molar-refractivity contribution < 1.29 is 9.13 Å². The van der Waals surface area contributed by atoms with Crippen LogP contribution < -0.4 is 10.5 Å². The van der Waals surface area contributed by atoms with Crippen molar-refractivity contribution in [3.05, 3.63) is 28.5 Å². The van der Waals surface area contributed by atoms with E-state index < -0.39 is 0 Å². The van der Waals surface area contributed by atoms with E-state index in [0.717, 1.165) is 19.3 Å². The lowest BCUT2D eigenvalue weighted by molar-refractivity contribution is -0.0726. The number of hydrogen-bond donors (Lipinski definition) is 1. The molecule has 2 N–H and O–H groups in total. The van der Waals surface area contributed by atoms with Gasteiger partial charge < -0.3 is 10.5 Å². The Bertz CT molecular complexity index is 434. The lowest BCUT2D eigenvalue weighted by Crippen LogP contribution is -2.62. The largest absolute Gasteiger partial charge is 0.489 e. The molecule has 1 aliphatic rings. The number of benzene rings is 1. The third-order valence-electron chi connectivity index (χ3n) is 4.33.